The normalized spacial score (nSPS) is 15.1. The molecule has 0 radical (unpaired) electrons. The molecule has 0 spiro atoms. The van der Waals surface area contributed by atoms with Crippen molar-refractivity contribution in [2.24, 2.45) is 5.92 Å². The first kappa shape index (κ1) is 36.2. The van der Waals surface area contributed by atoms with E-state index in [0.717, 1.165) is 85.2 Å². The van der Waals surface area contributed by atoms with Gasteiger partial charge in [-0.15, -0.1) is 0 Å². The number of hydrogen-bond acceptors (Lipinski definition) is 3. The zero-order valence-electron chi connectivity index (χ0n) is 35.7. The summed E-state index contributed by atoms with van der Waals surface area (Å²) in [5.41, 5.74) is 11.0. The Balaban J connectivity index is 1.17. The highest BCUT2D eigenvalue weighted by atomic mass is 15.3. The Morgan fingerprint density at radius 3 is 1.57 bits per heavy atom. The first-order chi connectivity index (χ1) is 32.2. The third-order valence-electron chi connectivity index (χ3n) is 13.8. The Labute approximate surface area is 373 Å². The van der Waals surface area contributed by atoms with Crippen molar-refractivity contribution >= 4 is 94.2 Å². The zero-order valence-corrected chi connectivity index (χ0v) is 35.7. The van der Waals surface area contributed by atoms with E-state index in [-0.39, 0.29) is 0 Å². The molecule has 0 saturated heterocycles. The summed E-state index contributed by atoms with van der Waals surface area (Å²) in [7, 11) is 0. The molecule has 2 aliphatic rings. The number of aromatic nitrogens is 7. The predicted octanol–water partition coefficient (Wildman–Crippen LogP) is 12.6. The zero-order chi connectivity index (χ0) is 42.8. The largest absolute Gasteiger partial charge is 0.311 e. The van der Waals surface area contributed by atoms with Crippen LogP contribution in [0, 0.1) is 5.92 Å². The number of allylic oxidation sites excluding steroid dienone is 4. The smallest absolute Gasteiger partial charge is 0.240 e. The van der Waals surface area contributed by atoms with Gasteiger partial charge in [-0.3, -0.25) is 9.13 Å². The van der Waals surface area contributed by atoms with Gasteiger partial charge in [0.2, 0.25) is 11.9 Å². The Bertz CT molecular complexity index is 4160. The highest BCUT2D eigenvalue weighted by Gasteiger charge is 2.27. The van der Waals surface area contributed by atoms with Crippen LogP contribution >= 0.6 is 0 Å². The molecule has 7 heteroatoms. The van der Waals surface area contributed by atoms with E-state index in [2.05, 4.69) is 207 Å². The van der Waals surface area contributed by atoms with Crippen LogP contribution in [-0.4, -0.2) is 33.2 Å². The topological polar surface area (TPSA) is 58.4 Å². The molecule has 1 unspecified atom stereocenters. The third-order valence-corrected chi connectivity index (χ3v) is 13.8. The Morgan fingerprint density at radius 2 is 0.985 bits per heavy atom. The molecule has 0 aliphatic heterocycles. The summed E-state index contributed by atoms with van der Waals surface area (Å²) in [5.74, 6) is 2.15. The van der Waals surface area contributed by atoms with Crippen LogP contribution in [0.25, 0.3) is 123 Å². The van der Waals surface area contributed by atoms with Crippen LogP contribution < -0.4 is 10.6 Å². The van der Waals surface area contributed by atoms with Crippen LogP contribution in [0.4, 0.5) is 0 Å². The SMILES string of the molecule is CC1C=c2c(c3ccc4c5ccccc5n(-c5nc(-c6ccccc6)nc(-n6c7ccccc7c7ccc8c9ccccc9n(C9=CC=CCC9)c8c76)n5)c4c3n2-c2ccccc2)=CC1. The summed E-state index contributed by atoms with van der Waals surface area (Å²) >= 11 is 0. The summed E-state index contributed by atoms with van der Waals surface area (Å²) in [6, 6.07) is 56.6. The number of fused-ring (bicyclic) bond motifs is 14. The van der Waals surface area contributed by atoms with E-state index in [9.17, 15) is 0 Å². The van der Waals surface area contributed by atoms with Gasteiger partial charge in [-0.05, 0) is 61.6 Å². The van der Waals surface area contributed by atoms with Crippen molar-refractivity contribution in [1.82, 2.24) is 33.2 Å². The minimum atomic E-state index is 0.414. The average molecular weight is 836 g/mol. The van der Waals surface area contributed by atoms with Crippen LogP contribution in [0.15, 0.2) is 176 Å². The summed E-state index contributed by atoms with van der Waals surface area (Å²) in [5, 5.41) is 10.7. The number of para-hydroxylation sites is 4. The van der Waals surface area contributed by atoms with Gasteiger partial charge in [0.25, 0.3) is 0 Å². The van der Waals surface area contributed by atoms with Gasteiger partial charge in [0.15, 0.2) is 5.82 Å². The Hall–Kier alpha value is -8.29. The van der Waals surface area contributed by atoms with Crippen molar-refractivity contribution < 1.29 is 0 Å². The first-order valence-corrected chi connectivity index (χ1v) is 22.7. The van der Waals surface area contributed by atoms with Gasteiger partial charge in [0, 0.05) is 59.9 Å². The lowest BCUT2D eigenvalue weighted by molar-refractivity contribution is 0.792. The van der Waals surface area contributed by atoms with Crippen molar-refractivity contribution in [3.63, 3.8) is 0 Å². The maximum atomic E-state index is 5.69. The molecule has 2 aliphatic carbocycles. The molecule has 1 atom stereocenters. The molecule has 5 aromatic heterocycles. The van der Waals surface area contributed by atoms with Gasteiger partial charge in [0.1, 0.15) is 0 Å². The molecule has 308 valence electrons. The summed E-state index contributed by atoms with van der Waals surface area (Å²) < 4.78 is 9.56. The predicted molar refractivity (Wildman–Crippen MR) is 268 cm³/mol. The summed E-state index contributed by atoms with van der Waals surface area (Å²) in [4.78, 5) is 16.7. The second-order valence-corrected chi connectivity index (χ2v) is 17.6. The first-order valence-electron chi connectivity index (χ1n) is 22.7. The fraction of sp³-hybridized carbons (Fsp3) is 0.0862. The maximum Gasteiger partial charge on any atom is 0.240 e. The van der Waals surface area contributed by atoms with Crippen molar-refractivity contribution in [2.45, 2.75) is 26.2 Å². The van der Waals surface area contributed by atoms with Crippen LogP contribution in [0.3, 0.4) is 0 Å². The highest BCUT2D eigenvalue weighted by Crippen LogP contribution is 2.43. The number of rotatable bonds is 5. The lowest BCUT2D eigenvalue weighted by Gasteiger charge is -2.16. The molecule has 7 nitrogen and oxygen atoms in total. The van der Waals surface area contributed by atoms with E-state index >= 15 is 0 Å². The second kappa shape index (κ2) is 13.9. The average Bonchev–Trinajstić information content (AvgIpc) is 4.09. The molecule has 0 fully saturated rings. The van der Waals surface area contributed by atoms with Crippen molar-refractivity contribution in [3.8, 4) is 29.0 Å². The lowest BCUT2D eigenvalue weighted by Crippen LogP contribution is -2.31. The van der Waals surface area contributed by atoms with Crippen molar-refractivity contribution in [1.29, 1.82) is 0 Å². The molecule has 12 aromatic rings. The van der Waals surface area contributed by atoms with E-state index in [1.165, 1.54) is 37.9 Å². The van der Waals surface area contributed by atoms with Crippen LogP contribution in [-0.2, 0) is 0 Å². The highest BCUT2D eigenvalue weighted by molar-refractivity contribution is 6.24. The van der Waals surface area contributed by atoms with Gasteiger partial charge >= 0.3 is 0 Å². The Morgan fingerprint density at radius 1 is 0.477 bits per heavy atom. The molecule has 0 N–H and O–H groups in total. The van der Waals surface area contributed by atoms with E-state index in [1.807, 2.05) is 6.07 Å². The van der Waals surface area contributed by atoms with E-state index in [1.54, 1.807) is 0 Å². The third kappa shape index (κ3) is 5.21. The number of nitrogens with zero attached hydrogens (tertiary/aromatic N) is 7. The van der Waals surface area contributed by atoms with E-state index in [4.69, 9.17) is 15.0 Å². The van der Waals surface area contributed by atoms with Gasteiger partial charge in [-0.25, -0.2) is 0 Å². The van der Waals surface area contributed by atoms with Crippen molar-refractivity contribution in [3.05, 3.63) is 187 Å². The summed E-state index contributed by atoms with van der Waals surface area (Å²) in [6.45, 7) is 2.31. The molecule has 14 rings (SSSR count). The second-order valence-electron chi connectivity index (χ2n) is 17.6. The monoisotopic (exact) mass is 835 g/mol. The molecule has 5 heterocycles. The van der Waals surface area contributed by atoms with Gasteiger partial charge < -0.3 is 9.13 Å². The summed E-state index contributed by atoms with van der Waals surface area (Å²) in [6.07, 6.45) is 14.5. The minimum absolute atomic E-state index is 0.414. The molecule has 0 saturated carbocycles. The van der Waals surface area contributed by atoms with Crippen molar-refractivity contribution in [2.75, 3.05) is 0 Å². The van der Waals surface area contributed by atoms with E-state index < -0.39 is 0 Å². The fourth-order valence-electron chi connectivity index (χ4n) is 11.0. The van der Waals surface area contributed by atoms with E-state index in [0.29, 0.717) is 23.6 Å². The standard InChI is InChI=1S/C58H41N7/c1-36-29-30-43-47-34-33-46-42-25-13-16-28-50(42)65(55(46)53(47)63(51(43)35-36)39-21-9-4-10-22-39)58-60-56(37-17-5-2-6-18-37)59-57(61-58)64-49-27-15-12-24-41(49)45-32-31-44-40-23-11-14-26-48(40)62(52(44)54(45)64)38-19-7-3-8-20-38/h2-7,9-19,21-28,30-36H,8,20,29H2,1H3. The molecular weight excluding hydrogens is 795 g/mol. The maximum absolute atomic E-state index is 5.69. The number of hydrogen-bond donors (Lipinski definition) is 0. The molecule has 0 bridgehead atoms. The molecule has 7 aromatic carbocycles. The van der Waals surface area contributed by atoms with Crippen LogP contribution in [0.2, 0.25) is 0 Å². The lowest BCUT2D eigenvalue weighted by atomic mass is 10.0. The molecule has 65 heavy (non-hydrogen) atoms. The fourth-order valence-corrected chi connectivity index (χ4v) is 11.0. The van der Waals surface area contributed by atoms with Gasteiger partial charge in [-0.2, -0.15) is 15.0 Å². The molecular formula is C58H41N7. The van der Waals surface area contributed by atoms with Gasteiger partial charge in [-0.1, -0.05) is 159 Å². The van der Waals surface area contributed by atoms with Gasteiger partial charge in [0.05, 0.1) is 44.0 Å². The number of benzene rings is 7. The van der Waals surface area contributed by atoms with Crippen LogP contribution in [0.1, 0.15) is 26.2 Å². The van der Waals surface area contributed by atoms with Crippen LogP contribution in [0.5, 0.6) is 0 Å². The quantitative estimate of drug-likeness (QED) is 0.173. The molecule has 0 amide bonds. The minimum Gasteiger partial charge on any atom is -0.311 e. The Kier molecular flexibility index (Phi) is 7.72.